The van der Waals surface area contributed by atoms with E-state index in [9.17, 15) is 18.0 Å². The van der Waals surface area contributed by atoms with Crippen LogP contribution in [-0.4, -0.2) is 30.8 Å². The molecule has 1 amide bonds. The molecule has 2 aliphatic rings. The summed E-state index contributed by atoms with van der Waals surface area (Å²) in [6, 6.07) is 16.3. The average Bonchev–Trinajstić information content (AvgIpc) is 2.79. The van der Waals surface area contributed by atoms with Crippen molar-refractivity contribution in [2.75, 3.05) is 11.6 Å². The minimum absolute atomic E-state index is 0. The Hall–Kier alpha value is -1.84. The molecule has 5 nitrogen and oxygen atoms in total. The summed E-state index contributed by atoms with van der Waals surface area (Å²) in [7, 11) is 0. The molecule has 4 rings (SSSR count). The van der Waals surface area contributed by atoms with Crippen molar-refractivity contribution in [3.8, 4) is 0 Å². The van der Waals surface area contributed by atoms with Crippen molar-refractivity contribution in [3.63, 3.8) is 0 Å². The fraction of sp³-hybridized carbons (Fsp3) is 0.458. The number of carbonyl (C=O) groups excluding carboxylic acids is 1. The summed E-state index contributed by atoms with van der Waals surface area (Å²) in [5, 5.41) is 8.00. The van der Waals surface area contributed by atoms with Gasteiger partial charge < -0.3 is 10.6 Å². The van der Waals surface area contributed by atoms with Crippen molar-refractivity contribution in [3.05, 3.63) is 65.2 Å². The van der Waals surface area contributed by atoms with E-state index in [0.29, 0.717) is 18.7 Å². The topological polar surface area (TPSA) is 53.6 Å². The van der Waals surface area contributed by atoms with Crippen molar-refractivity contribution in [2.24, 2.45) is 0 Å². The first kappa shape index (κ1) is 28.4. The normalized spacial score (nSPS) is 21.2. The number of hydrogen-bond donors (Lipinski definition) is 2. The summed E-state index contributed by atoms with van der Waals surface area (Å²) in [4.78, 5) is 17.4. The van der Waals surface area contributed by atoms with Gasteiger partial charge in [-0.15, -0.1) is 24.8 Å². The third-order valence-electron chi connectivity index (χ3n) is 6.11. The number of anilines is 1. The van der Waals surface area contributed by atoms with Crippen LogP contribution in [0.3, 0.4) is 0 Å². The third kappa shape index (κ3) is 6.64. The van der Waals surface area contributed by atoms with Gasteiger partial charge in [-0.3, -0.25) is 9.63 Å². The highest BCUT2D eigenvalue weighted by Gasteiger charge is 2.41. The van der Waals surface area contributed by atoms with Gasteiger partial charge in [0.05, 0.1) is 5.69 Å². The van der Waals surface area contributed by atoms with Crippen LogP contribution in [-0.2, 0) is 22.6 Å². The van der Waals surface area contributed by atoms with E-state index in [1.54, 1.807) is 6.07 Å². The zero-order chi connectivity index (χ0) is 22.7. The molecule has 1 fully saturated rings. The number of fused-ring (bicyclic) bond motifs is 1. The number of hydroxylamine groups is 1. The lowest BCUT2D eigenvalue weighted by Gasteiger charge is -2.34. The summed E-state index contributed by atoms with van der Waals surface area (Å²) < 4.78 is 39.0. The molecule has 2 aliphatic heterocycles. The molecule has 2 heterocycles. The molecule has 10 heteroatoms. The maximum absolute atomic E-state index is 13.0. The Morgan fingerprint density at radius 1 is 1.15 bits per heavy atom. The molecule has 0 spiro atoms. The van der Waals surface area contributed by atoms with Gasteiger partial charge in [0.25, 0.3) is 5.91 Å². The zero-order valence-corrected chi connectivity index (χ0v) is 20.4. The quantitative estimate of drug-likeness (QED) is 0.545. The largest absolute Gasteiger partial charge is 0.416 e. The highest BCUT2D eigenvalue weighted by molar-refractivity contribution is 5.94. The number of hydrogen-bond acceptors (Lipinski definition) is 4. The molecule has 1 saturated heterocycles. The predicted molar refractivity (Wildman–Crippen MR) is 130 cm³/mol. The van der Waals surface area contributed by atoms with Crippen LogP contribution >= 0.6 is 24.8 Å². The first-order chi connectivity index (χ1) is 15.3. The van der Waals surface area contributed by atoms with Gasteiger partial charge in [0.1, 0.15) is 0 Å². The van der Waals surface area contributed by atoms with Crippen LogP contribution in [0.5, 0.6) is 0 Å². The van der Waals surface area contributed by atoms with Crippen LogP contribution < -0.4 is 15.7 Å². The van der Waals surface area contributed by atoms with Gasteiger partial charge in [0, 0.05) is 25.0 Å². The van der Waals surface area contributed by atoms with Gasteiger partial charge >= 0.3 is 6.18 Å². The van der Waals surface area contributed by atoms with E-state index in [1.807, 2.05) is 30.3 Å². The lowest BCUT2D eigenvalue weighted by molar-refractivity contribution is -0.218. The second-order valence-corrected chi connectivity index (χ2v) is 8.41. The van der Waals surface area contributed by atoms with Crippen molar-refractivity contribution in [1.82, 2.24) is 10.6 Å². The van der Waals surface area contributed by atoms with Crippen LogP contribution in [0.1, 0.15) is 48.9 Å². The maximum Gasteiger partial charge on any atom is 0.416 e. The number of benzene rings is 2. The van der Waals surface area contributed by atoms with Crippen molar-refractivity contribution < 1.29 is 22.8 Å². The molecule has 3 atom stereocenters. The molecule has 2 aromatic rings. The van der Waals surface area contributed by atoms with Crippen LogP contribution in [0.15, 0.2) is 48.5 Å². The third-order valence-corrected chi connectivity index (χ3v) is 6.11. The Bertz CT molecular complexity index is 947. The molecule has 0 aromatic heterocycles. The minimum atomic E-state index is -4.54. The Morgan fingerprint density at radius 2 is 1.88 bits per heavy atom. The molecule has 2 N–H and O–H groups in total. The second kappa shape index (κ2) is 12.2. The zero-order valence-electron chi connectivity index (χ0n) is 18.8. The number of nitrogens with one attached hydrogen (secondary N) is 2. The summed E-state index contributed by atoms with van der Waals surface area (Å²) in [5.41, 5.74) is 3.33. The number of nitrogens with zero attached hydrogens (tertiary/aromatic N) is 1. The minimum Gasteiger partial charge on any atom is -0.309 e. The number of rotatable bonds is 6. The first-order valence-electron chi connectivity index (χ1n) is 11.0. The Labute approximate surface area is 210 Å². The van der Waals surface area contributed by atoms with E-state index >= 15 is 0 Å². The van der Waals surface area contributed by atoms with Gasteiger partial charge in [-0.05, 0) is 55.5 Å². The number of halogens is 5. The van der Waals surface area contributed by atoms with E-state index in [4.69, 9.17) is 4.84 Å². The van der Waals surface area contributed by atoms with E-state index in [-0.39, 0.29) is 43.3 Å². The predicted octanol–water partition coefficient (Wildman–Crippen LogP) is 5.27. The van der Waals surface area contributed by atoms with Crippen molar-refractivity contribution in [1.29, 1.82) is 0 Å². The van der Waals surface area contributed by atoms with Crippen LogP contribution in [0.4, 0.5) is 18.9 Å². The molecule has 2 aromatic carbocycles. The summed E-state index contributed by atoms with van der Waals surface area (Å²) in [6.07, 6.45) is -3.91. The Morgan fingerprint density at radius 3 is 2.59 bits per heavy atom. The molecule has 0 aliphatic carbocycles. The van der Waals surface area contributed by atoms with Gasteiger partial charge in [-0.2, -0.15) is 18.2 Å². The van der Waals surface area contributed by atoms with E-state index in [1.165, 1.54) is 5.56 Å². The van der Waals surface area contributed by atoms with Gasteiger partial charge in [0.2, 0.25) is 0 Å². The second-order valence-electron chi connectivity index (χ2n) is 8.41. The molecule has 1 unspecified atom stereocenters. The van der Waals surface area contributed by atoms with Crippen LogP contribution in [0, 0.1) is 0 Å². The van der Waals surface area contributed by atoms with Crippen molar-refractivity contribution >= 4 is 36.4 Å². The number of carbonyl (C=O) groups is 1. The first-order valence-corrected chi connectivity index (χ1v) is 11.0. The number of amides is 1. The average molecular weight is 520 g/mol. The summed E-state index contributed by atoms with van der Waals surface area (Å²) >= 11 is 0. The van der Waals surface area contributed by atoms with Gasteiger partial charge in [0.15, 0.2) is 6.10 Å². The Balaban J connectivity index is 0.00000204. The molecular formula is C24H30Cl2F3N3O2. The fourth-order valence-corrected chi connectivity index (χ4v) is 4.30. The van der Waals surface area contributed by atoms with Gasteiger partial charge in [-0.25, -0.2) is 0 Å². The van der Waals surface area contributed by atoms with E-state index in [0.717, 1.165) is 42.5 Å². The molecular weight excluding hydrogens is 490 g/mol. The monoisotopic (exact) mass is 519 g/mol. The molecule has 0 radical (unpaired) electrons. The highest BCUT2D eigenvalue weighted by Crippen LogP contribution is 2.33. The highest BCUT2D eigenvalue weighted by atomic mass is 35.5. The smallest absolute Gasteiger partial charge is 0.309 e. The number of piperidine rings is 1. The lowest BCUT2D eigenvalue weighted by Crippen LogP contribution is -2.45. The summed E-state index contributed by atoms with van der Waals surface area (Å²) in [5.74, 6) is -0.459. The fourth-order valence-electron chi connectivity index (χ4n) is 4.30. The van der Waals surface area contributed by atoms with E-state index < -0.39 is 18.2 Å². The van der Waals surface area contributed by atoms with Gasteiger partial charge in [-0.1, -0.05) is 42.5 Å². The molecule has 0 saturated carbocycles. The number of aryl methyl sites for hydroxylation is 1. The standard InChI is InChI=1S/C24H28F3N3O2.2ClH/c1-16(24(25,26)27)32-30-21-14-17(9-10-18(21)11-12-22(30)31)15-29-20-8-5-13-28-23(20)19-6-3-2-4-7-19;;/h2-4,6-7,9-10,14,16,20,23,28-29H,5,8,11-13,15H2,1H3;2*1H/t16?,20-,23-;;/m0../s1. The van der Waals surface area contributed by atoms with Crippen molar-refractivity contribution in [2.45, 2.75) is 63.5 Å². The van der Waals surface area contributed by atoms with Crippen LogP contribution in [0.2, 0.25) is 0 Å². The Kier molecular flexibility index (Phi) is 10.2. The molecule has 188 valence electrons. The SMILES string of the molecule is CC(ON1C(=O)CCc2ccc(CN[C@H]3CCCN[C@H]3c3ccccc3)cc21)C(F)(F)F.Cl.Cl. The van der Waals surface area contributed by atoms with E-state index in [2.05, 4.69) is 22.8 Å². The number of alkyl halides is 3. The summed E-state index contributed by atoms with van der Waals surface area (Å²) in [6.45, 7) is 2.41. The maximum atomic E-state index is 13.0. The molecule has 34 heavy (non-hydrogen) atoms. The lowest BCUT2D eigenvalue weighted by atomic mass is 9.92. The van der Waals surface area contributed by atoms with Crippen LogP contribution in [0.25, 0.3) is 0 Å². The molecule has 0 bridgehead atoms.